The Morgan fingerprint density at radius 2 is 1.80 bits per heavy atom. The van der Waals surface area contributed by atoms with Crippen molar-refractivity contribution in [1.29, 1.82) is 0 Å². The van der Waals surface area contributed by atoms with Crippen LogP contribution in [-0.4, -0.2) is 53.9 Å². The number of carbonyl (C=O) groups excluding carboxylic acids is 1. The van der Waals surface area contributed by atoms with Crippen LogP contribution in [0.25, 0.3) is 10.9 Å². The number of hydrogen-bond acceptors (Lipinski definition) is 3. The highest BCUT2D eigenvalue weighted by atomic mass is 16.2. The van der Waals surface area contributed by atoms with Gasteiger partial charge in [0.1, 0.15) is 0 Å². The van der Waals surface area contributed by atoms with Crippen molar-refractivity contribution in [2.75, 3.05) is 33.2 Å². The molecule has 0 radical (unpaired) electrons. The van der Waals surface area contributed by atoms with E-state index in [9.17, 15) is 4.79 Å². The van der Waals surface area contributed by atoms with E-state index < -0.39 is 0 Å². The molecule has 4 rings (SSSR count). The maximum Gasteiger partial charge on any atom is 0.254 e. The number of amides is 1. The summed E-state index contributed by atoms with van der Waals surface area (Å²) in [5, 5.41) is 1.05. The van der Waals surface area contributed by atoms with E-state index in [4.69, 9.17) is 4.98 Å². The number of aromatic nitrogens is 1. The SMILES string of the molecule is Cc1ccc2nc3c(c(C(=O)N4CCN(C)CC4)c2c1)CCCCC3. The Hall–Kier alpha value is -1.94. The topological polar surface area (TPSA) is 36.4 Å². The normalized spacial score (nSPS) is 18.9. The van der Waals surface area contributed by atoms with E-state index in [0.717, 1.165) is 67.6 Å². The first-order valence-corrected chi connectivity index (χ1v) is 9.53. The third-order valence-corrected chi connectivity index (χ3v) is 5.67. The summed E-state index contributed by atoms with van der Waals surface area (Å²) in [6, 6.07) is 6.33. The zero-order chi connectivity index (χ0) is 17.4. The smallest absolute Gasteiger partial charge is 0.254 e. The third-order valence-electron chi connectivity index (χ3n) is 5.67. The first kappa shape index (κ1) is 16.5. The molecule has 1 amide bonds. The maximum absolute atomic E-state index is 13.5. The molecule has 25 heavy (non-hydrogen) atoms. The summed E-state index contributed by atoms with van der Waals surface area (Å²) in [6.45, 7) is 5.64. The Morgan fingerprint density at radius 1 is 1.04 bits per heavy atom. The number of pyridine rings is 1. The third kappa shape index (κ3) is 3.15. The summed E-state index contributed by atoms with van der Waals surface area (Å²) in [5.74, 6) is 0.212. The van der Waals surface area contributed by atoms with E-state index in [1.807, 2.05) is 4.90 Å². The molecule has 2 aromatic rings. The minimum absolute atomic E-state index is 0.212. The number of aryl methyl sites for hydroxylation is 2. The zero-order valence-electron chi connectivity index (χ0n) is 15.3. The van der Waals surface area contributed by atoms with Crippen LogP contribution in [0.3, 0.4) is 0 Å². The molecule has 0 saturated carbocycles. The van der Waals surface area contributed by atoms with Gasteiger partial charge in [0, 0.05) is 37.3 Å². The molecular formula is C21H27N3O. The number of piperazine rings is 1. The summed E-state index contributed by atoms with van der Waals surface area (Å²) < 4.78 is 0. The Morgan fingerprint density at radius 3 is 2.60 bits per heavy atom. The number of nitrogens with zero attached hydrogens (tertiary/aromatic N) is 3. The molecule has 1 aromatic heterocycles. The van der Waals surface area contributed by atoms with Crippen LogP contribution in [0, 0.1) is 6.92 Å². The Kier molecular flexibility index (Phi) is 4.46. The standard InChI is InChI=1S/C21H27N3O/c1-15-8-9-19-17(14-15)20(16-6-4-3-5-7-18(16)22-19)21(25)24-12-10-23(2)11-13-24/h8-9,14H,3-7,10-13H2,1-2H3. The van der Waals surface area contributed by atoms with Crippen molar-refractivity contribution in [3.63, 3.8) is 0 Å². The van der Waals surface area contributed by atoms with Crippen molar-refractivity contribution >= 4 is 16.8 Å². The van der Waals surface area contributed by atoms with Crippen LogP contribution in [0.5, 0.6) is 0 Å². The molecular weight excluding hydrogens is 310 g/mol. The van der Waals surface area contributed by atoms with Gasteiger partial charge in [0.15, 0.2) is 0 Å². The van der Waals surface area contributed by atoms with Gasteiger partial charge in [-0.1, -0.05) is 18.1 Å². The molecule has 0 N–H and O–H groups in total. The van der Waals surface area contributed by atoms with Crippen molar-refractivity contribution < 1.29 is 4.79 Å². The highest BCUT2D eigenvalue weighted by Crippen LogP contribution is 2.30. The minimum Gasteiger partial charge on any atom is -0.336 e. The maximum atomic E-state index is 13.5. The lowest BCUT2D eigenvalue weighted by Gasteiger charge is -2.33. The molecule has 4 heteroatoms. The van der Waals surface area contributed by atoms with E-state index in [-0.39, 0.29) is 5.91 Å². The van der Waals surface area contributed by atoms with Crippen LogP contribution in [0.4, 0.5) is 0 Å². The van der Waals surface area contributed by atoms with Crippen molar-refractivity contribution in [3.05, 3.63) is 40.6 Å². The Balaban J connectivity index is 1.86. The zero-order valence-corrected chi connectivity index (χ0v) is 15.3. The molecule has 1 aliphatic heterocycles. The molecule has 0 bridgehead atoms. The van der Waals surface area contributed by atoms with Gasteiger partial charge in [-0.2, -0.15) is 0 Å². The first-order chi connectivity index (χ1) is 12.1. The van der Waals surface area contributed by atoms with Crippen molar-refractivity contribution in [1.82, 2.24) is 14.8 Å². The van der Waals surface area contributed by atoms with Crippen molar-refractivity contribution in [2.24, 2.45) is 0 Å². The molecule has 2 heterocycles. The van der Waals surface area contributed by atoms with Crippen LogP contribution in [0.1, 0.15) is 46.4 Å². The van der Waals surface area contributed by atoms with Gasteiger partial charge in [-0.15, -0.1) is 0 Å². The fourth-order valence-corrected chi connectivity index (χ4v) is 4.13. The van der Waals surface area contributed by atoms with Crippen LogP contribution in [-0.2, 0) is 12.8 Å². The van der Waals surface area contributed by atoms with E-state index in [2.05, 4.69) is 37.1 Å². The second-order valence-electron chi connectivity index (χ2n) is 7.59. The van der Waals surface area contributed by atoms with Gasteiger partial charge in [-0.25, -0.2) is 0 Å². The Labute approximate surface area is 149 Å². The number of hydrogen-bond donors (Lipinski definition) is 0. The molecule has 2 aliphatic rings. The monoisotopic (exact) mass is 337 g/mol. The molecule has 0 spiro atoms. The largest absolute Gasteiger partial charge is 0.336 e. The van der Waals surface area contributed by atoms with E-state index in [0.29, 0.717) is 0 Å². The number of benzene rings is 1. The van der Waals surface area contributed by atoms with Gasteiger partial charge in [-0.3, -0.25) is 9.78 Å². The van der Waals surface area contributed by atoms with Gasteiger partial charge in [0.05, 0.1) is 11.1 Å². The average Bonchev–Trinajstić information content (AvgIpc) is 2.85. The number of carbonyl (C=O) groups is 1. The fourth-order valence-electron chi connectivity index (χ4n) is 4.13. The summed E-state index contributed by atoms with van der Waals surface area (Å²) >= 11 is 0. The van der Waals surface area contributed by atoms with Crippen LogP contribution < -0.4 is 0 Å². The molecule has 4 nitrogen and oxygen atoms in total. The lowest BCUT2D eigenvalue weighted by atomic mass is 9.95. The van der Waals surface area contributed by atoms with E-state index >= 15 is 0 Å². The molecule has 1 saturated heterocycles. The van der Waals surface area contributed by atoms with Gasteiger partial charge in [0.25, 0.3) is 5.91 Å². The second kappa shape index (κ2) is 6.75. The molecule has 0 unspecified atom stereocenters. The van der Waals surface area contributed by atoms with Gasteiger partial charge < -0.3 is 9.80 Å². The predicted molar refractivity (Wildman–Crippen MR) is 101 cm³/mol. The lowest BCUT2D eigenvalue weighted by molar-refractivity contribution is 0.0665. The van der Waals surface area contributed by atoms with Gasteiger partial charge in [0.2, 0.25) is 0 Å². The number of likely N-dealkylation sites (N-methyl/N-ethyl adjacent to an activating group) is 1. The highest BCUT2D eigenvalue weighted by molar-refractivity contribution is 6.08. The molecule has 1 aromatic carbocycles. The van der Waals surface area contributed by atoms with Crippen molar-refractivity contribution in [3.8, 4) is 0 Å². The summed E-state index contributed by atoms with van der Waals surface area (Å²) in [5.41, 5.74) is 5.49. The average molecular weight is 337 g/mol. The van der Waals surface area contributed by atoms with Crippen LogP contribution in [0.2, 0.25) is 0 Å². The quantitative estimate of drug-likeness (QED) is 0.750. The van der Waals surface area contributed by atoms with Gasteiger partial charge in [-0.05, 0) is 57.4 Å². The first-order valence-electron chi connectivity index (χ1n) is 9.53. The van der Waals surface area contributed by atoms with E-state index in [1.54, 1.807) is 0 Å². The highest BCUT2D eigenvalue weighted by Gasteiger charge is 2.27. The van der Waals surface area contributed by atoms with Crippen molar-refractivity contribution in [2.45, 2.75) is 39.0 Å². The second-order valence-corrected chi connectivity index (χ2v) is 7.59. The minimum atomic E-state index is 0.212. The number of fused-ring (bicyclic) bond motifs is 2. The fraction of sp³-hybridized carbons (Fsp3) is 0.524. The molecule has 1 fully saturated rings. The van der Waals surface area contributed by atoms with Crippen LogP contribution >= 0.6 is 0 Å². The summed E-state index contributed by atoms with van der Waals surface area (Å²) in [4.78, 5) is 22.8. The van der Waals surface area contributed by atoms with E-state index in [1.165, 1.54) is 24.0 Å². The van der Waals surface area contributed by atoms with Crippen LogP contribution in [0.15, 0.2) is 18.2 Å². The number of rotatable bonds is 1. The lowest BCUT2D eigenvalue weighted by Crippen LogP contribution is -2.47. The Bertz CT molecular complexity index is 806. The summed E-state index contributed by atoms with van der Waals surface area (Å²) in [6.07, 6.45) is 5.56. The molecule has 0 atom stereocenters. The predicted octanol–water partition coefficient (Wildman–Crippen LogP) is 3.20. The summed E-state index contributed by atoms with van der Waals surface area (Å²) in [7, 11) is 2.12. The molecule has 132 valence electrons. The molecule has 1 aliphatic carbocycles. The van der Waals surface area contributed by atoms with Gasteiger partial charge >= 0.3 is 0 Å².